The first kappa shape index (κ1) is 13.4. The number of hydrogen-bond acceptors (Lipinski definition) is 2. The molecule has 3 heteroatoms. The third-order valence-electron chi connectivity index (χ3n) is 4.83. The Labute approximate surface area is 131 Å². The third kappa shape index (κ3) is 2.17. The number of carbonyl (C=O) groups excluding carboxylic acids is 1. The molecule has 0 saturated heterocycles. The molecule has 0 radical (unpaired) electrons. The maximum absolute atomic E-state index is 11.6. The van der Waals surface area contributed by atoms with E-state index in [1.165, 1.54) is 22.4 Å². The number of amides is 1. The molecule has 0 aliphatic carbocycles. The first-order chi connectivity index (χ1) is 10.7. The van der Waals surface area contributed by atoms with Gasteiger partial charge in [0, 0.05) is 37.9 Å². The smallest absolute Gasteiger partial charge is 0.223 e. The molecule has 0 fully saturated rings. The second-order valence-electron chi connectivity index (χ2n) is 6.17. The number of fused-ring (bicyclic) bond motifs is 2. The Morgan fingerprint density at radius 2 is 1.73 bits per heavy atom. The summed E-state index contributed by atoms with van der Waals surface area (Å²) >= 11 is 0. The summed E-state index contributed by atoms with van der Waals surface area (Å²) in [7, 11) is 0. The van der Waals surface area contributed by atoms with Crippen LogP contribution in [0.2, 0.25) is 0 Å². The summed E-state index contributed by atoms with van der Waals surface area (Å²) in [6.07, 6.45) is 2.07. The normalized spacial score (nSPS) is 16.4. The zero-order valence-electron chi connectivity index (χ0n) is 12.9. The number of nitrogens with zero attached hydrogens (tertiary/aromatic N) is 2. The molecule has 2 aliphatic rings. The molecule has 0 unspecified atom stereocenters. The SMILES string of the molecule is CC(=O)N1CCc2cc(N3CCc4ccccc4C3)ccc21. The Morgan fingerprint density at radius 1 is 0.955 bits per heavy atom. The van der Waals surface area contributed by atoms with Gasteiger partial charge < -0.3 is 9.80 Å². The maximum atomic E-state index is 11.6. The number of benzene rings is 2. The Morgan fingerprint density at radius 3 is 2.55 bits per heavy atom. The largest absolute Gasteiger partial charge is 0.367 e. The highest BCUT2D eigenvalue weighted by Gasteiger charge is 2.24. The average Bonchev–Trinajstić information content (AvgIpc) is 2.97. The quantitative estimate of drug-likeness (QED) is 0.806. The van der Waals surface area contributed by atoms with Crippen molar-refractivity contribution in [2.24, 2.45) is 0 Å². The van der Waals surface area contributed by atoms with Gasteiger partial charge in [0.25, 0.3) is 0 Å². The lowest BCUT2D eigenvalue weighted by Gasteiger charge is -2.31. The number of rotatable bonds is 1. The first-order valence-corrected chi connectivity index (χ1v) is 7.95. The molecule has 22 heavy (non-hydrogen) atoms. The lowest BCUT2D eigenvalue weighted by atomic mass is 9.99. The second-order valence-corrected chi connectivity index (χ2v) is 6.17. The molecule has 2 aromatic carbocycles. The molecule has 0 spiro atoms. The minimum Gasteiger partial charge on any atom is -0.367 e. The van der Waals surface area contributed by atoms with Crippen molar-refractivity contribution in [3.63, 3.8) is 0 Å². The summed E-state index contributed by atoms with van der Waals surface area (Å²) in [5.41, 5.74) is 6.57. The molecular formula is C19H20N2O. The van der Waals surface area contributed by atoms with E-state index in [-0.39, 0.29) is 5.91 Å². The van der Waals surface area contributed by atoms with E-state index in [4.69, 9.17) is 0 Å². The van der Waals surface area contributed by atoms with Crippen molar-refractivity contribution < 1.29 is 4.79 Å². The van der Waals surface area contributed by atoms with Crippen molar-refractivity contribution >= 4 is 17.3 Å². The Bertz CT molecular complexity index is 738. The van der Waals surface area contributed by atoms with Crippen LogP contribution in [0, 0.1) is 0 Å². The third-order valence-corrected chi connectivity index (χ3v) is 4.83. The summed E-state index contributed by atoms with van der Waals surface area (Å²) in [5, 5.41) is 0. The van der Waals surface area contributed by atoms with Gasteiger partial charge in [-0.3, -0.25) is 4.79 Å². The van der Waals surface area contributed by atoms with E-state index < -0.39 is 0 Å². The number of carbonyl (C=O) groups is 1. The minimum absolute atomic E-state index is 0.137. The highest BCUT2D eigenvalue weighted by molar-refractivity contribution is 5.94. The van der Waals surface area contributed by atoms with E-state index in [0.717, 1.165) is 38.2 Å². The molecule has 0 saturated carbocycles. The van der Waals surface area contributed by atoms with Crippen LogP contribution in [0.1, 0.15) is 23.6 Å². The Kier molecular flexibility index (Phi) is 3.14. The molecule has 2 heterocycles. The van der Waals surface area contributed by atoms with Gasteiger partial charge in [-0.15, -0.1) is 0 Å². The predicted molar refractivity (Wildman–Crippen MR) is 89.4 cm³/mol. The van der Waals surface area contributed by atoms with Crippen molar-refractivity contribution in [3.8, 4) is 0 Å². The lowest BCUT2D eigenvalue weighted by Crippen LogP contribution is -2.30. The van der Waals surface area contributed by atoms with E-state index in [1.807, 2.05) is 4.90 Å². The standard InChI is InChI=1S/C19H20N2O/c1-14(22)21-11-9-16-12-18(6-7-19(16)21)20-10-8-15-4-2-3-5-17(15)13-20/h2-7,12H,8-11,13H2,1H3. The van der Waals surface area contributed by atoms with Gasteiger partial charge in [0.05, 0.1) is 0 Å². The van der Waals surface area contributed by atoms with Gasteiger partial charge in [-0.25, -0.2) is 0 Å². The van der Waals surface area contributed by atoms with Gasteiger partial charge in [0.15, 0.2) is 0 Å². The molecule has 2 aromatic rings. The lowest BCUT2D eigenvalue weighted by molar-refractivity contribution is -0.116. The van der Waals surface area contributed by atoms with E-state index in [1.54, 1.807) is 6.92 Å². The van der Waals surface area contributed by atoms with Gasteiger partial charge in [-0.05, 0) is 47.7 Å². The summed E-state index contributed by atoms with van der Waals surface area (Å²) < 4.78 is 0. The zero-order valence-corrected chi connectivity index (χ0v) is 12.9. The van der Waals surface area contributed by atoms with E-state index in [2.05, 4.69) is 47.4 Å². The van der Waals surface area contributed by atoms with E-state index in [9.17, 15) is 4.79 Å². The predicted octanol–water partition coefficient (Wildman–Crippen LogP) is 3.16. The van der Waals surface area contributed by atoms with E-state index >= 15 is 0 Å². The van der Waals surface area contributed by atoms with Crippen LogP contribution in [0.5, 0.6) is 0 Å². The fraction of sp³-hybridized carbons (Fsp3) is 0.316. The monoisotopic (exact) mass is 292 g/mol. The average molecular weight is 292 g/mol. The van der Waals surface area contributed by atoms with E-state index in [0.29, 0.717) is 0 Å². The summed E-state index contributed by atoms with van der Waals surface area (Å²) in [6.45, 7) is 4.50. The van der Waals surface area contributed by atoms with Crippen LogP contribution in [0.4, 0.5) is 11.4 Å². The molecule has 2 aliphatic heterocycles. The molecule has 112 valence electrons. The van der Waals surface area contributed by atoms with Crippen molar-refractivity contribution in [1.29, 1.82) is 0 Å². The fourth-order valence-corrected chi connectivity index (χ4v) is 3.63. The Balaban J connectivity index is 1.62. The van der Waals surface area contributed by atoms with Gasteiger partial charge in [-0.2, -0.15) is 0 Å². The van der Waals surface area contributed by atoms with Gasteiger partial charge in [0.1, 0.15) is 0 Å². The van der Waals surface area contributed by atoms with Gasteiger partial charge in [-0.1, -0.05) is 24.3 Å². The van der Waals surface area contributed by atoms with Crippen LogP contribution >= 0.6 is 0 Å². The van der Waals surface area contributed by atoms with Gasteiger partial charge >= 0.3 is 0 Å². The van der Waals surface area contributed by atoms with Crippen LogP contribution in [0.15, 0.2) is 42.5 Å². The molecule has 0 atom stereocenters. The van der Waals surface area contributed by atoms with Crippen LogP contribution in [-0.2, 0) is 24.2 Å². The summed E-state index contributed by atoms with van der Waals surface area (Å²) in [6, 6.07) is 15.3. The van der Waals surface area contributed by atoms with Crippen molar-refractivity contribution in [1.82, 2.24) is 0 Å². The molecule has 0 N–H and O–H groups in total. The van der Waals surface area contributed by atoms with Crippen molar-refractivity contribution in [3.05, 3.63) is 59.2 Å². The van der Waals surface area contributed by atoms with Gasteiger partial charge in [0.2, 0.25) is 5.91 Å². The van der Waals surface area contributed by atoms with Crippen LogP contribution in [0.25, 0.3) is 0 Å². The number of hydrogen-bond donors (Lipinski definition) is 0. The topological polar surface area (TPSA) is 23.6 Å². The second kappa shape index (κ2) is 5.16. The fourth-order valence-electron chi connectivity index (χ4n) is 3.63. The minimum atomic E-state index is 0.137. The maximum Gasteiger partial charge on any atom is 0.223 e. The first-order valence-electron chi connectivity index (χ1n) is 7.95. The molecule has 0 aromatic heterocycles. The molecular weight excluding hydrogens is 272 g/mol. The zero-order chi connectivity index (χ0) is 15.1. The van der Waals surface area contributed by atoms with Crippen LogP contribution in [-0.4, -0.2) is 19.0 Å². The highest BCUT2D eigenvalue weighted by Crippen LogP contribution is 2.33. The summed E-state index contributed by atoms with van der Waals surface area (Å²) in [4.78, 5) is 16.0. The molecule has 1 amide bonds. The van der Waals surface area contributed by atoms with Crippen molar-refractivity contribution in [2.75, 3.05) is 22.9 Å². The van der Waals surface area contributed by atoms with Crippen molar-refractivity contribution in [2.45, 2.75) is 26.3 Å². The molecule has 0 bridgehead atoms. The van der Waals surface area contributed by atoms with Crippen LogP contribution in [0.3, 0.4) is 0 Å². The highest BCUT2D eigenvalue weighted by atomic mass is 16.2. The van der Waals surface area contributed by atoms with Crippen LogP contribution < -0.4 is 9.80 Å². The Hall–Kier alpha value is -2.29. The number of anilines is 2. The summed E-state index contributed by atoms with van der Waals surface area (Å²) in [5.74, 6) is 0.137. The molecule has 4 rings (SSSR count). The molecule has 3 nitrogen and oxygen atoms in total.